The third kappa shape index (κ3) is 7.81. The van der Waals surface area contributed by atoms with Crippen LogP contribution in [0.3, 0.4) is 0 Å². The molecule has 0 unspecified atom stereocenters. The number of hydrogen-bond donors (Lipinski definition) is 3. The summed E-state index contributed by atoms with van der Waals surface area (Å²) in [5.74, 6) is -1.87. The summed E-state index contributed by atoms with van der Waals surface area (Å²) in [6.45, 7) is 4.05. The first-order valence-electron chi connectivity index (χ1n) is 8.74. The molecular formula is C19H22ClN3O5. The van der Waals surface area contributed by atoms with Crippen LogP contribution < -0.4 is 4.74 Å². The van der Waals surface area contributed by atoms with Gasteiger partial charge in [-0.2, -0.15) is 0 Å². The van der Waals surface area contributed by atoms with Gasteiger partial charge >= 0.3 is 11.9 Å². The molecule has 0 bridgehead atoms. The van der Waals surface area contributed by atoms with Crippen molar-refractivity contribution in [3.05, 3.63) is 47.5 Å². The van der Waals surface area contributed by atoms with Gasteiger partial charge in [0, 0.05) is 29.8 Å². The summed E-state index contributed by atoms with van der Waals surface area (Å²) in [5, 5.41) is 23.5. The summed E-state index contributed by atoms with van der Waals surface area (Å²) in [7, 11) is 0. The Balaban J connectivity index is 0.000000300. The van der Waals surface area contributed by atoms with Crippen LogP contribution in [0.2, 0.25) is 5.02 Å². The fourth-order valence-corrected chi connectivity index (χ4v) is 2.71. The van der Waals surface area contributed by atoms with E-state index in [1.165, 1.54) is 25.9 Å². The van der Waals surface area contributed by atoms with Crippen molar-refractivity contribution in [2.75, 3.05) is 26.2 Å². The monoisotopic (exact) mass is 407 g/mol. The van der Waals surface area contributed by atoms with Crippen molar-refractivity contribution in [2.24, 2.45) is 0 Å². The minimum Gasteiger partial charge on any atom is -0.478 e. The Bertz CT molecular complexity index is 782. The Hall–Kier alpha value is -2.84. The SMILES string of the molecule is Clc1ccc(-c2cc(OCCN3CCCC3)n[nH]2)cc1.O=C(O)C=CC(=O)O. The molecule has 0 spiro atoms. The zero-order valence-corrected chi connectivity index (χ0v) is 15.9. The van der Waals surface area contributed by atoms with E-state index in [1.54, 1.807) is 0 Å². The van der Waals surface area contributed by atoms with E-state index in [-0.39, 0.29) is 0 Å². The summed E-state index contributed by atoms with van der Waals surface area (Å²) < 4.78 is 5.68. The number of benzene rings is 1. The van der Waals surface area contributed by atoms with Crippen LogP contribution in [0.5, 0.6) is 5.88 Å². The number of H-pyrrole nitrogens is 1. The summed E-state index contributed by atoms with van der Waals surface area (Å²) in [6.07, 6.45) is 3.73. The van der Waals surface area contributed by atoms with Crippen molar-refractivity contribution in [3.63, 3.8) is 0 Å². The second-order valence-electron chi connectivity index (χ2n) is 6.03. The third-order valence-electron chi connectivity index (χ3n) is 3.93. The molecule has 0 radical (unpaired) electrons. The van der Waals surface area contributed by atoms with Gasteiger partial charge in [-0.1, -0.05) is 23.7 Å². The van der Waals surface area contributed by atoms with E-state index in [2.05, 4.69) is 15.1 Å². The van der Waals surface area contributed by atoms with Gasteiger partial charge in [0.15, 0.2) is 0 Å². The molecule has 0 aliphatic carbocycles. The number of likely N-dealkylation sites (tertiary alicyclic amines) is 1. The van der Waals surface area contributed by atoms with Crippen LogP contribution in [0.25, 0.3) is 11.3 Å². The van der Waals surface area contributed by atoms with Gasteiger partial charge in [-0.15, -0.1) is 5.10 Å². The lowest BCUT2D eigenvalue weighted by molar-refractivity contribution is -0.134. The molecule has 2 aromatic rings. The lowest BCUT2D eigenvalue weighted by Gasteiger charge is -2.13. The highest BCUT2D eigenvalue weighted by Gasteiger charge is 2.11. The predicted octanol–water partition coefficient (Wildman–Crippen LogP) is 2.92. The summed E-state index contributed by atoms with van der Waals surface area (Å²) in [4.78, 5) is 21.5. The molecule has 28 heavy (non-hydrogen) atoms. The second kappa shape index (κ2) is 11.1. The lowest BCUT2D eigenvalue weighted by atomic mass is 10.2. The molecule has 1 aromatic heterocycles. The van der Waals surface area contributed by atoms with Gasteiger partial charge in [0.2, 0.25) is 5.88 Å². The fourth-order valence-electron chi connectivity index (χ4n) is 2.58. The van der Waals surface area contributed by atoms with Crippen LogP contribution in [-0.4, -0.2) is 63.5 Å². The van der Waals surface area contributed by atoms with E-state index in [0.717, 1.165) is 22.8 Å². The zero-order chi connectivity index (χ0) is 20.4. The predicted molar refractivity (Wildman–Crippen MR) is 105 cm³/mol. The van der Waals surface area contributed by atoms with E-state index >= 15 is 0 Å². The number of carbonyl (C=O) groups is 2. The highest BCUT2D eigenvalue weighted by atomic mass is 35.5. The summed E-state index contributed by atoms with van der Waals surface area (Å²) in [6, 6.07) is 9.58. The number of nitrogens with zero attached hydrogens (tertiary/aromatic N) is 2. The molecule has 150 valence electrons. The normalized spacial score (nSPS) is 13.9. The average Bonchev–Trinajstić information content (AvgIpc) is 3.33. The van der Waals surface area contributed by atoms with E-state index in [0.29, 0.717) is 24.6 Å². The molecule has 1 aliphatic heterocycles. The number of hydrogen-bond acceptors (Lipinski definition) is 5. The summed E-state index contributed by atoms with van der Waals surface area (Å²) >= 11 is 5.88. The largest absolute Gasteiger partial charge is 0.478 e. The van der Waals surface area contributed by atoms with Crippen LogP contribution >= 0.6 is 11.6 Å². The fraction of sp³-hybridized carbons (Fsp3) is 0.316. The maximum atomic E-state index is 9.55. The Labute approximate surface area is 167 Å². The first-order valence-corrected chi connectivity index (χ1v) is 9.12. The number of aliphatic carboxylic acids is 2. The van der Waals surface area contributed by atoms with Gasteiger partial charge in [0.05, 0.1) is 5.69 Å². The molecule has 0 atom stereocenters. The number of aromatic amines is 1. The molecule has 2 heterocycles. The maximum Gasteiger partial charge on any atom is 0.328 e. The Morgan fingerprint density at radius 1 is 1.14 bits per heavy atom. The molecular weight excluding hydrogens is 386 g/mol. The van der Waals surface area contributed by atoms with E-state index in [9.17, 15) is 9.59 Å². The molecule has 9 heteroatoms. The molecule has 3 rings (SSSR count). The van der Waals surface area contributed by atoms with Crippen LogP contribution in [0.1, 0.15) is 12.8 Å². The molecule has 0 amide bonds. The number of ether oxygens (including phenoxy) is 1. The van der Waals surface area contributed by atoms with Crippen molar-refractivity contribution >= 4 is 23.5 Å². The van der Waals surface area contributed by atoms with Crippen molar-refractivity contribution in [2.45, 2.75) is 12.8 Å². The van der Waals surface area contributed by atoms with Crippen LogP contribution in [0.15, 0.2) is 42.5 Å². The van der Waals surface area contributed by atoms with Crippen LogP contribution in [-0.2, 0) is 9.59 Å². The van der Waals surface area contributed by atoms with Crippen LogP contribution in [0.4, 0.5) is 0 Å². The van der Waals surface area contributed by atoms with Crippen molar-refractivity contribution < 1.29 is 24.5 Å². The van der Waals surface area contributed by atoms with Gasteiger partial charge in [-0.3, -0.25) is 10.00 Å². The molecule has 1 saturated heterocycles. The highest BCUT2D eigenvalue weighted by molar-refractivity contribution is 6.30. The van der Waals surface area contributed by atoms with Crippen LogP contribution in [0, 0.1) is 0 Å². The molecule has 8 nitrogen and oxygen atoms in total. The minimum absolute atomic E-state index is 0.558. The smallest absolute Gasteiger partial charge is 0.328 e. The quantitative estimate of drug-likeness (QED) is 0.604. The summed E-state index contributed by atoms with van der Waals surface area (Å²) in [5.41, 5.74) is 1.99. The van der Waals surface area contributed by atoms with E-state index in [4.69, 9.17) is 26.6 Å². The second-order valence-corrected chi connectivity index (χ2v) is 6.47. The van der Waals surface area contributed by atoms with Gasteiger partial charge < -0.3 is 14.9 Å². The number of halogens is 1. The Morgan fingerprint density at radius 2 is 1.75 bits per heavy atom. The first-order chi connectivity index (χ1) is 13.4. The lowest BCUT2D eigenvalue weighted by Crippen LogP contribution is -2.25. The number of aromatic nitrogens is 2. The first kappa shape index (κ1) is 21.5. The molecule has 3 N–H and O–H groups in total. The number of carboxylic acid groups (broad SMARTS) is 2. The van der Waals surface area contributed by atoms with Gasteiger partial charge in [-0.25, -0.2) is 9.59 Å². The van der Waals surface area contributed by atoms with Gasteiger partial charge in [0.1, 0.15) is 6.61 Å². The minimum atomic E-state index is -1.26. The van der Waals surface area contributed by atoms with E-state index in [1.807, 2.05) is 30.3 Å². The average molecular weight is 408 g/mol. The van der Waals surface area contributed by atoms with Crippen molar-refractivity contribution in [1.29, 1.82) is 0 Å². The van der Waals surface area contributed by atoms with Crippen molar-refractivity contribution in [1.82, 2.24) is 15.1 Å². The number of nitrogens with one attached hydrogen (secondary N) is 1. The topological polar surface area (TPSA) is 116 Å². The Kier molecular flexibility index (Phi) is 8.51. The number of carboxylic acids is 2. The molecule has 1 fully saturated rings. The molecule has 0 saturated carbocycles. The number of rotatable bonds is 7. The van der Waals surface area contributed by atoms with E-state index < -0.39 is 11.9 Å². The third-order valence-corrected chi connectivity index (χ3v) is 4.19. The molecule has 1 aliphatic rings. The van der Waals surface area contributed by atoms with Crippen molar-refractivity contribution in [3.8, 4) is 17.1 Å². The van der Waals surface area contributed by atoms with Gasteiger partial charge in [-0.05, 0) is 43.6 Å². The highest BCUT2D eigenvalue weighted by Crippen LogP contribution is 2.22. The zero-order valence-electron chi connectivity index (χ0n) is 15.2. The Morgan fingerprint density at radius 3 is 2.32 bits per heavy atom. The van der Waals surface area contributed by atoms with Gasteiger partial charge in [0.25, 0.3) is 0 Å². The molecule has 1 aromatic carbocycles. The standard InChI is InChI=1S/C15H18ClN3O.C4H4O4/c16-13-5-3-12(4-6-13)14-11-15(18-17-14)20-10-9-19-7-1-2-8-19;5-3(6)1-2-4(7)8/h3-6,11H,1-2,7-10H2,(H,17,18);1-2H,(H,5,6)(H,7,8). The maximum absolute atomic E-state index is 9.55.